The standard InChI is InChI=1S/C10H9ClN4O2/c1-14-6-5-9(13-14)12-8-4-2-3-7(11)10(8)15(16)17/h2-6H,1H3,(H,12,13). The number of benzene rings is 1. The minimum atomic E-state index is -0.520. The van der Waals surface area contributed by atoms with Crippen LogP contribution in [0.1, 0.15) is 0 Å². The molecule has 0 radical (unpaired) electrons. The highest BCUT2D eigenvalue weighted by atomic mass is 35.5. The second-order valence-corrected chi connectivity index (χ2v) is 3.80. The van der Waals surface area contributed by atoms with Gasteiger partial charge in [0.15, 0.2) is 5.82 Å². The Labute approximate surface area is 102 Å². The van der Waals surface area contributed by atoms with Crippen LogP contribution in [0.3, 0.4) is 0 Å². The molecule has 0 aliphatic heterocycles. The third kappa shape index (κ3) is 2.36. The lowest BCUT2D eigenvalue weighted by Gasteiger charge is -2.04. The fourth-order valence-electron chi connectivity index (χ4n) is 1.42. The number of aryl methyl sites for hydroxylation is 1. The van der Waals surface area contributed by atoms with Gasteiger partial charge >= 0.3 is 5.69 Å². The second kappa shape index (κ2) is 4.42. The van der Waals surface area contributed by atoms with Gasteiger partial charge < -0.3 is 5.32 Å². The molecule has 0 atom stereocenters. The van der Waals surface area contributed by atoms with Crippen molar-refractivity contribution in [2.45, 2.75) is 0 Å². The lowest BCUT2D eigenvalue weighted by atomic mass is 10.2. The average Bonchev–Trinajstić information content (AvgIpc) is 2.63. The maximum atomic E-state index is 10.9. The van der Waals surface area contributed by atoms with E-state index in [0.717, 1.165) is 0 Å². The van der Waals surface area contributed by atoms with Crippen molar-refractivity contribution >= 4 is 28.8 Å². The van der Waals surface area contributed by atoms with Gasteiger partial charge in [-0.1, -0.05) is 17.7 Å². The molecule has 2 aromatic rings. The first-order chi connectivity index (χ1) is 8.08. The first-order valence-electron chi connectivity index (χ1n) is 4.77. The number of rotatable bonds is 3. The highest BCUT2D eigenvalue weighted by Gasteiger charge is 2.18. The van der Waals surface area contributed by atoms with Crippen LogP contribution in [0.4, 0.5) is 17.2 Å². The van der Waals surface area contributed by atoms with Gasteiger partial charge in [0.25, 0.3) is 0 Å². The molecule has 6 nitrogen and oxygen atoms in total. The van der Waals surface area contributed by atoms with Crippen LogP contribution in [0.15, 0.2) is 30.5 Å². The van der Waals surface area contributed by atoms with E-state index in [9.17, 15) is 10.1 Å². The van der Waals surface area contributed by atoms with Crippen molar-refractivity contribution < 1.29 is 4.92 Å². The number of anilines is 2. The molecular formula is C10H9ClN4O2. The third-order valence-electron chi connectivity index (χ3n) is 2.15. The predicted molar refractivity (Wildman–Crippen MR) is 64.6 cm³/mol. The Morgan fingerprint density at radius 3 is 2.82 bits per heavy atom. The molecule has 0 saturated carbocycles. The molecule has 17 heavy (non-hydrogen) atoms. The fourth-order valence-corrected chi connectivity index (χ4v) is 1.67. The van der Waals surface area contributed by atoms with Gasteiger partial charge in [0.05, 0.1) is 4.92 Å². The Bertz CT molecular complexity index is 567. The second-order valence-electron chi connectivity index (χ2n) is 3.39. The van der Waals surface area contributed by atoms with E-state index in [4.69, 9.17) is 11.6 Å². The van der Waals surface area contributed by atoms with Gasteiger partial charge in [0.2, 0.25) is 0 Å². The monoisotopic (exact) mass is 252 g/mol. The molecule has 0 aliphatic carbocycles. The lowest BCUT2D eigenvalue weighted by molar-refractivity contribution is -0.383. The van der Waals surface area contributed by atoms with Crippen LogP contribution in [0, 0.1) is 10.1 Å². The van der Waals surface area contributed by atoms with E-state index in [1.807, 2.05) is 0 Å². The van der Waals surface area contributed by atoms with E-state index in [1.165, 1.54) is 6.07 Å². The molecule has 0 spiro atoms. The smallest absolute Gasteiger partial charge is 0.311 e. The minimum absolute atomic E-state index is 0.0935. The summed E-state index contributed by atoms with van der Waals surface area (Å²) in [6.45, 7) is 0. The molecule has 1 aromatic carbocycles. The van der Waals surface area contributed by atoms with Crippen LogP contribution in [-0.2, 0) is 7.05 Å². The van der Waals surface area contributed by atoms with Crippen molar-refractivity contribution in [3.8, 4) is 0 Å². The molecule has 0 amide bonds. The van der Waals surface area contributed by atoms with E-state index in [0.29, 0.717) is 11.5 Å². The van der Waals surface area contributed by atoms with E-state index in [1.54, 1.807) is 36.1 Å². The molecule has 1 N–H and O–H groups in total. The quantitative estimate of drug-likeness (QED) is 0.673. The van der Waals surface area contributed by atoms with Crippen molar-refractivity contribution in [1.29, 1.82) is 0 Å². The van der Waals surface area contributed by atoms with Gasteiger partial charge in [-0.2, -0.15) is 5.10 Å². The van der Waals surface area contributed by atoms with Crippen LogP contribution in [0.2, 0.25) is 5.02 Å². The number of nitro benzene ring substituents is 1. The van der Waals surface area contributed by atoms with Crippen LogP contribution in [-0.4, -0.2) is 14.7 Å². The molecule has 2 rings (SSSR count). The minimum Gasteiger partial charge on any atom is -0.333 e. The van der Waals surface area contributed by atoms with Gasteiger partial charge in [0, 0.05) is 19.3 Å². The molecular weight excluding hydrogens is 244 g/mol. The molecule has 0 unspecified atom stereocenters. The number of halogens is 1. The molecule has 1 aromatic heterocycles. The maximum Gasteiger partial charge on any atom is 0.311 e. The summed E-state index contributed by atoms with van der Waals surface area (Å²) < 4.78 is 1.60. The number of nitrogens with zero attached hydrogens (tertiary/aromatic N) is 3. The zero-order chi connectivity index (χ0) is 12.4. The number of hydrogen-bond donors (Lipinski definition) is 1. The summed E-state index contributed by atoms with van der Waals surface area (Å²) in [6.07, 6.45) is 1.73. The van der Waals surface area contributed by atoms with Gasteiger partial charge in [-0.15, -0.1) is 0 Å². The number of nitrogens with one attached hydrogen (secondary N) is 1. The summed E-state index contributed by atoms with van der Waals surface area (Å²) >= 11 is 5.79. The van der Waals surface area contributed by atoms with Crippen LogP contribution < -0.4 is 5.32 Å². The molecule has 0 fully saturated rings. The van der Waals surface area contributed by atoms with Crippen molar-refractivity contribution in [1.82, 2.24) is 9.78 Å². The number of hydrogen-bond acceptors (Lipinski definition) is 4. The maximum absolute atomic E-state index is 10.9. The third-order valence-corrected chi connectivity index (χ3v) is 2.45. The van der Waals surface area contributed by atoms with Gasteiger partial charge in [-0.3, -0.25) is 14.8 Å². The highest BCUT2D eigenvalue weighted by molar-refractivity contribution is 6.33. The van der Waals surface area contributed by atoms with Crippen molar-refractivity contribution in [2.75, 3.05) is 5.32 Å². The van der Waals surface area contributed by atoms with Gasteiger partial charge in [-0.25, -0.2) is 0 Å². The first kappa shape index (κ1) is 11.4. The van der Waals surface area contributed by atoms with Crippen LogP contribution >= 0.6 is 11.6 Å². The summed E-state index contributed by atoms with van der Waals surface area (Å²) in [4.78, 5) is 10.4. The molecule has 7 heteroatoms. The Kier molecular flexibility index (Phi) is 2.97. The number of para-hydroxylation sites is 1. The topological polar surface area (TPSA) is 73.0 Å². The zero-order valence-corrected chi connectivity index (χ0v) is 9.68. The SMILES string of the molecule is Cn1ccc(Nc2cccc(Cl)c2[N+](=O)[O-])n1. The fraction of sp³-hybridized carbons (Fsp3) is 0.100. The van der Waals surface area contributed by atoms with E-state index >= 15 is 0 Å². The Hall–Kier alpha value is -2.08. The summed E-state index contributed by atoms with van der Waals surface area (Å²) in [5, 5.41) is 17.9. The Morgan fingerprint density at radius 2 is 2.24 bits per heavy atom. The zero-order valence-electron chi connectivity index (χ0n) is 8.92. The Morgan fingerprint density at radius 1 is 1.47 bits per heavy atom. The van der Waals surface area contributed by atoms with E-state index < -0.39 is 4.92 Å². The average molecular weight is 253 g/mol. The molecule has 0 bridgehead atoms. The van der Waals surface area contributed by atoms with Crippen LogP contribution in [0.25, 0.3) is 0 Å². The number of nitro groups is 1. The van der Waals surface area contributed by atoms with Gasteiger partial charge in [-0.05, 0) is 12.1 Å². The van der Waals surface area contributed by atoms with E-state index in [2.05, 4.69) is 10.4 Å². The summed E-state index contributed by atoms with van der Waals surface area (Å²) in [5.74, 6) is 0.526. The predicted octanol–water partition coefficient (Wildman–Crippen LogP) is 2.73. The van der Waals surface area contributed by atoms with E-state index in [-0.39, 0.29) is 10.7 Å². The van der Waals surface area contributed by atoms with Gasteiger partial charge in [0.1, 0.15) is 10.7 Å². The van der Waals surface area contributed by atoms with Crippen molar-refractivity contribution in [3.63, 3.8) is 0 Å². The molecule has 88 valence electrons. The lowest BCUT2D eigenvalue weighted by Crippen LogP contribution is -1.98. The normalized spacial score (nSPS) is 10.2. The molecule has 1 heterocycles. The van der Waals surface area contributed by atoms with Crippen LogP contribution in [0.5, 0.6) is 0 Å². The number of aromatic nitrogens is 2. The van der Waals surface area contributed by atoms with Crippen molar-refractivity contribution in [2.24, 2.45) is 7.05 Å². The summed E-state index contributed by atoms with van der Waals surface area (Å²) in [5.41, 5.74) is 0.168. The molecule has 0 aliphatic rings. The Balaban J connectivity index is 2.39. The summed E-state index contributed by atoms with van der Waals surface area (Å²) in [6, 6.07) is 6.41. The molecule has 0 saturated heterocycles. The van der Waals surface area contributed by atoms with Crippen molar-refractivity contribution in [3.05, 3.63) is 45.6 Å². The first-order valence-corrected chi connectivity index (χ1v) is 5.15. The highest BCUT2D eigenvalue weighted by Crippen LogP contribution is 2.33. The largest absolute Gasteiger partial charge is 0.333 e. The summed E-state index contributed by atoms with van der Waals surface area (Å²) in [7, 11) is 1.76.